The van der Waals surface area contributed by atoms with Gasteiger partial charge in [0.15, 0.2) is 0 Å². The Balaban J connectivity index is 1.65. The molecule has 0 saturated carbocycles. The predicted octanol–water partition coefficient (Wildman–Crippen LogP) is 3.56. The molecule has 0 radical (unpaired) electrons. The van der Waals surface area contributed by atoms with Crippen LogP contribution in [0.3, 0.4) is 0 Å². The van der Waals surface area contributed by atoms with Crippen LogP contribution in [0, 0.1) is 0 Å². The van der Waals surface area contributed by atoms with Gasteiger partial charge in [0.05, 0.1) is 18.2 Å². The lowest BCUT2D eigenvalue weighted by Crippen LogP contribution is -2.39. The second-order valence-electron chi connectivity index (χ2n) is 6.68. The van der Waals surface area contributed by atoms with Crippen molar-refractivity contribution >= 4 is 5.97 Å². The topological polar surface area (TPSA) is 34.5 Å². The molecule has 1 aliphatic heterocycles. The number of ether oxygens (including phenoxy) is 1. The lowest BCUT2D eigenvalue weighted by molar-refractivity contribution is 0.0525. The van der Waals surface area contributed by atoms with E-state index in [1.807, 2.05) is 13.1 Å². The molecular weight excluding hydrogens is 300 g/mol. The fourth-order valence-corrected chi connectivity index (χ4v) is 4.20. The van der Waals surface area contributed by atoms with Gasteiger partial charge < -0.3 is 9.30 Å². The van der Waals surface area contributed by atoms with E-state index in [1.165, 1.54) is 23.2 Å². The summed E-state index contributed by atoms with van der Waals surface area (Å²) in [7, 11) is 0. The van der Waals surface area contributed by atoms with E-state index in [0.29, 0.717) is 12.6 Å². The maximum atomic E-state index is 12.3. The van der Waals surface area contributed by atoms with Crippen molar-refractivity contribution in [2.75, 3.05) is 13.2 Å². The normalized spacial score (nSPS) is 19.8. The SMILES string of the molecule is CCOC(=O)c1cn2c3c1CCC[C@H]3N(Cc1ccccc1)CC2. The molecule has 4 rings (SSSR count). The quantitative estimate of drug-likeness (QED) is 0.807. The Labute approximate surface area is 143 Å². The van der Waals surface area contributed by atoms with Crippen LogP contribution >= 0.6 is 0 Å². The largest absolute Gasteiger partial charge is 0.462 e. The van der Waals surface area contributed by atoms with Crippen LogP contribution in [0.15, 0.2) is 36.5 Å². The van der Waals surface area contributed by atoms with Gasteiger partial charge in [0.2, 0.25) is 0 Å². The van der Waals surface area contributed by atoms with Crippen LogP contribution in [-0.2, 0) is 24.2 Å². The summed E-state index contributed by atoms with van der Waals surface area (Å²) in [5.41, 5.74) is 4.72. The highest BCUT2D eigenvalue weighted by Gasteiger charge is 2.35. The van der Waals surface area contributed by atoms with Gasteiger partial charge in [0, 0.05) is 31.5 Å². The molecule has 2 aromatic rings. The number of rotatable bonds is 4. The summed E-state index contributed by atoms with van der Waals surface area (Å²) in [5, 5.41) is 0. The summed E-state index contributed by atoms with van der Waals surface area (Å²) in [4.78, 5) is 14.9. The molecule has 0 unspecified atom stereocenters. The maximum Gasteiger partial charge on any atom is 0.339 e. The highest BCUT2D eigenvalue weighted by atomic mass is 16.5. The van der Waals surface area contributed by atoms with Crippen molar-refractivity contribution in [1.82, 2.24) is 9.47 Å². The molecule has 4 nitrogen and oxygen atoms in total. The zero-order valence-corrected chi connectivity index (χ0v) is 14.2. The van der Waals surface area contributed by atoms with Crippen molar-refractivity contribution in [1.29, 1.82) is 0 Å². The fourth-order valence-electron chi connectivity index (χ4n) is 4.20. The Kier molecular flexibility index (Phi) is 4.15. The second-order valence-corrected chi connectivity index (χ2v) is 6.68. The van der Waals surface area contributed by atoms with Crippen LogP contribution < -0.4 is 0 Å². The average molecular weight is 324 g/mol. The van der Waals surface area contributed by atoms with Gasteiger partial charge in [-0.3, -0.25) is 4.90 Å². The van der Waals surface area contributed by atoms with E-state index in [0.717, 1.165) is 38.0 Å². The van der Waals surface area contributed by atoms with E-state index < -0.39 is 0 Å². The van der Waals surface area contributed by atoms with Gasteiger partial charge in [-0.2, -0.15) is 0 Å². The molecule has 1 aromatic carbocycles. The standard InChI is InChI=1S/C20H24N2O2/c1-2-24-20(23)17-14-22-12-11-21(13-15-7-4-3-5-8-15)18-10-6-9-16(17)19(18)22/h3-5,7-8,14,18H,2,6,9-13H2,1H3/t18-/m1/s1. The molecular formula is C20H24N2O2. The van der Waals surface area contributed by atoms with Gasteiger partial charge in [0.25, 0.3) is 0 Å². The third-order valence-electron chi connectivity index (χ3n) is 5.24. The maximum absolute atomic E-state index is 12.3. The van der Waals surface area contributed by atoms with Gasteiger partial charge in [-0.05, 0) is 37.3 Å². The monoisotopic (exact) mass is 324 g/mol. The lowest BCUT2D eigenvalue weighted by atomic mass is 9.89. The van der Waals surface area contributed by atoms with Gasteiger partial charge >= 0.3 is 5.97 Å². The van der Waals surface area contributed by atoms with Crippen molar-refractivity contribution < 1.29 is 9.53 Å². The summed E-state index contributed by atoms with van der Waals surface area (Å²) < 4.78 is 7.56. The molecule has 2 heterocycles. The second kappa shape index (κ2) is 6.44. The van der Waals surface area contributed by atoms with Crippen LogP contribution in [0.4, 0.5) is 0 Å². The summed E-state index contributed by atoms with van der Waals surface area (Å²) in [6.07, 6.45) is 5.33. The number of carbonyl (C=O) groups excluding carboxylic acids is 1. The molecule has 0 amide bonds. The third-order valence-corrected chi connectivity index (χ3v) is 5.24. The first-order chi connectivity index (χ1) is 11.8. The summed E-state index contributed by atoms with van der Waals surface area (Å²) in [6.45, 7) is 5.26. The molecule has 24 heavy (non-hydrogen) atoms. The third kappa shape index (κ3) is 2.65. The van der Waals surface area contributed by atoms with Crippen molar-refractivity contribution in [3.63, 3.8) is 0 Å². The number of aromatic nitrogens is 1. The number of carbonyl (C=O) groups is 1. The van der Waals surface area contributed by atoms with Gasteiger partial charge in [-0.15, -0.1) is 0 Å². The summed E-state index contributed by atoms with van der Waals surface area (Å²) >= 11 is 0. The van der Waals surface area contributed by atoms with Crippen molar-refractivity contribution in [2.45, 2.75) is 45.3 Å². The first kappa shape index (κ1) is 15.5. The molecule has 2 aliphatic rings. The van der Waals surface area contributed by atoms with Crippen LogP contribution in [0.2, 0.25) is 0 Å². The smallest absolute Gasteiger partial charge is 0.339 e. The number of hydrogen-bond acceptors (Lipinski definition) is 3. The van der Waals surface area contributed by atoms with Crippen LogP contribution in [0.25, 0.3) is 0 Å². The van der Waals surface area contributed by atoms with Gasteiger partial charge in [-0.1, -0.05) is 30.3 Å². The van der Waals surface area contributed by atoms with Crippen LogP contribution in [0.5, 0.6) is 0 Å². The number of benzene rings is 1. The minimum atomic E-state index is -0.162. The highest BCUT2D eigenvalue weighted by Crippen LogP contribution is 2.40. The van der Waals surface area contributed by atoms with E-state index in [-0.39, 0.29) is 5.97 Å². The van der Waals surface area contributed by atoms with Crippen molar-refractivity contribution in [3.05, 3.63) is 58.9 Å². The molecule has 0 saturated heterocycles. The Morgan fingerprint density at radius 1 is 1.25 bits per heavy atom. The van der Waals surface area contributed by atoms with E-state index in [9.17, 15) is 4.79 Å². The Morgan fingerprint density at radius 2 is 2.08 bits per heavy atom. The first-order valence-electron chi connectivity index (χ1n) is 8.95. The van der Waals surface area contributed by atoms with E-state index >= 15 is 0 Å². The zero-order valence-electron chi connectivity index (χ0n) is 14.2. The molecule has 1 atom stereocenters. The average Bonchev–Trinajstić information content (AvgIpc) is 2.99. The molecule has 1 aromatic heterocycles. The lowest BCUT2D eigenvalue weighted by Gasteiger charge is -2.40. The Hall–Kier alpha value is -2.07. The minimum absolute atomic E-state index is 0.162. The van der Waals surface area contributed by atoms with E-state index in [1.54, 1.807) is 0 Å². The van der Waals surface area contributed by atoms with Crippen molar-refractivity contribution in [3.8, 4) is 0 Å². The molecule has 0 spiro atoms. The number of nitrogens with zero attached hydrogens (tertiary/aromatic N) is 2. The fraction of sp³-hybridized carbons (Fsp3) is 0.450. The molecule has 0 bridgehead atoms. The first-order valence-corrected chi connectivity index (χ1v) is 8.95. The van der Waals surface area contributed by atoms with E-state index in [2.05, 4.69) is 39.8 Å². The molecule has 1 aliphatic carbocycles. The predicted molar refractivity (Wildman–Crippen MR) is 92.9 cm³/mol. The molecule has 0 N–H and O–H groups in total. The van der Waals surface area contributed by atoms with E-state index in [4.69, 9.17) is 4.74 Å². The minimum Gasteiger partial charge on any atom is -0.462 e. The van der Waals surface area contributed by atoms with Gasteiger partial charge in [0.1, 0.15) is 0 Å². The Bertz CT molecular complexity index is 736. The summed E-state index contributed by atoms with van der Waals surface area (Å²) in [6, 6.07) is 11.1. The molecule has 4 heteroatoms. The highest BCUT2D eigenvalue weighted by molar-refractivity contribution is 5.91. The molecule has 126 valence electrons. The number of hydrogen-bond donors (Lipinski definition) is 0. The zero-order chi connectivity index (χ0) is 16.5. The van der Waals surface area contributed by atoms with Crippen molar-refractivity contribution in [2.24, 2.45) is 0 Å². The van der Waals surface area contributed by atoms with Gasteiger partial charge in [-0.25, -0.2) is 4.79 Å². The van der Waals surface area contributed by atoms with Crippen LogP contribution in [0.1, 0.15) is 53.0 Å². The summed E-state index contributed by atoms with van der Waals surface area (Å²) in [5.74, 6) is -0.162. The Morgan fingerprint density at radius 3 is 2.88 bits per heavy atom. The molecule has 0 fully saturated rings. The number of esters is 1. The van der Waals surface area contributed by atoms with Crippen LogP contribution in [-0.4, -0.2) is 28.6 Å².